The minimum Gasteiger partial charge on any atom is -0.350 e. The molecule has 1 N–H and O–H groups in total. The summed E-state index contributed by atoms with van der Waals surface area (Å²) in [5.41, 5.74) is -0.00442. The quantitative estimate of drug-likeness (QED) is 0.900. The lowest BCUT2D eigenvalue weighted by molar-refractivity contribution is -0.119. The van der Waals surface area contributed by atoms with E-state index in [1.165, 1.54) is 4.88 Å². The van der Waals surface area contributed by atoms with Gasteiger partial charge >= 0.3 is 0 Å². The molecule has 2 rings (SSSR count). The van der Waals surface area contributed by atoms with E-state index in [2.05, 4.69) is 46.5 Å². The van der Waals surface area contributed by atoms with Gasteiger partial charge in [0, 0.05) is 33.1 Å². The van der Waals surface area contributed by atoms with Crippen molar-refractivity contribution in [3.8, 4) is 0 Å². The van der Waals surface area contributed by atoms with Gasteiger partial charge in [0.1, 0.15) is 0 Å². The molecule has 17 heavy (non-hydrogen) atoms. The van der Waals surface area contributed by atoms with Crippen molar-refractivity contribution < 1.29 is 4.79 Å². The monoisotopic (exact) mass is 315 g/mol. The van der Waals surface area contributed by atoms with Gasteiger partial charge in [-0.05, 0) is 40.8 Å². The summed E-state index contributed by atoms with van der Waals surface area (Å²) in [7, 11) is 0. The number of rotatable bonds is 4. The Labute approximate surface area is 115 Å². The zero-order valence-corrected chi connectivity index (χ0v) is 12.7. The van der Waals surface area contributed by atoms with Gasteiger partial charge in [-0.3, -0.25) is 4.79 Å². The van der Waals surface area contributed by atoms with Crippen LogP contribution in [-0.2, 0) is 11.2 Å². The Balaban J connectivity index is 2.13. The molecule has 4 heteroatoms. The van der Waals surface area contributed by atoms with Gasteiger partial charge in [0.15, 0.2) is 0 Å². The van der Waals surface area contributed by atoms with Gasteiger partial charge in [-0.2, -0.15) is 0 Å². The van der Waals surface area contributed by atoms with E-state index >= 15 is 0 Å². The Morgan fingerprint density at radius 2 is 2.35 bits per heavy atom. The second kappa shape index (κ2) is 5.11. The average Bonchev–Trinajstić information content (AvgIpc) is 2.74. The van der Waals surface area contributed by atoms with E-state index in [-0.39, 0.29) is 11.4 Å². The summed E-state index contributed by atoms with van der Waals surface area (Å²) < 4.78 is 1.14. The number of carbonyl (C=O) groups is 1. The first-order valence-corrected chi connectivity index (χ1v) is 7.70. The normalized spacial score (nSPS) is 24.4. The lowest BCUT2D eigenvalue weighted by Gasteiger charge is -2.30. The molecule has 1 saturated heterocycles. The predicted octanol–water partition coefficient (Wildman–Crippen LogP) is 3.75. The molecule has 0 saturated carbocycles. The molecule has 0 aliphatic carbocycles. The molecule has 0 bridgehead atoms. The van der Waals surface area contributed by atoms with E-state index in [0.717, 1.165) is 23.7 Å². The predicted molar refractivity (Wildman–Crippen MR) is 75.3 cm³/mol. The number of nitrogens with one attached hydrogen (secondary N) is 1. The minimum absolute atomic E-state index is 0.00442. The summed E-state index contributed by atoms with van der Waals surface area (Å²) in [6, 6.07) is 2.16. The smallest absolute Gasteiger partial charge is 0.220 e. The van der Waals surface area contributed by atoms with Gasteiger partial charge in [-0.25, -0.2) is 0 Å². The Bertz CT molecular complexity index is 415. The van der Waals surface area contributed by atoms with Gasteiger partial charge in [0.05, 0.1) is 0 Å². The first-order chi connectivity index (χ1) is 7.99. The number of thiophene rings is 1. The second-order valence-electron chi connectivity index (χ2n) is 5.33. The molecular weight excluding hydrogens is 298 g/mol. The van der Waals surface area contributed by atoms with Crippen LogP contribution in [0.3, 0.4) is 0 Å². The van der Waals surface area contributed by atoms with Crippen LogP contribution >= 0.6 is 27.3 Å². The SMILES string of the molecule is CC(C)CC1(Cc2cc(Br)cs2)CCC(=O)N1. The van der Waals surface area contributed by atoms with Gasteiger partial charge in [0.2, 0.25) is 5.91 Å². The Hall–Kier alpha value is -0.350. The van der Waals surface area contributed by atoms with Gasteiger partial charge in [0.25, 0.3) is 0 Å². The first kappa shape index (κ1) is 13.1. The van der Waals surface area contributed by atoms with E-state index in [1.54, 1.807) is 11.3 Å². The highest BCUT2D eigenvalue weighted by Crippen LogP contribution is 2.33. The van der Waals surface area contributed by atoms with Crippen LogP contribution in [0.5, 0.6) is 0 Å². The number of hydrogen-bond acceptors (Lipinski definition) is 2. The molecule has 1 unspecified atom stereocenters. The van der Waals surface area contributed by atoms with Crippen LogP contribution in [0.25, 0.3) is 0 Å². The molecule has 1 aliphatic rings. The fourth-order valence-electron chi connectivity index (χ4n) is 2.69. The number of hydrogen-bond donors (Lipinski definition) is 1. The summed E-state index contributed by atoms with van der Waals surface area (Å²) in [6.07, 6.45) is 3.68. The highest BCUT2D eigenvalue weighted by atomic mass is 79.9. The lowest BCUT2D eigenvalue weighted by atomic mass is 9.84. The molecule has 1 amide bonds. The third-order valence-electron chi connectivity index (χ3n) is 3.17. The summed E-state index contributed by atoms with van der Waals surface area (Å²) >= 11 is 5.25. The molecule has 1 atom stereocenters. The Morgan fingerprint density at radius 1 is 1.59 bits per heavy atom. The molecule has 1 aliphatic heterocycles. The fraction of sp³-hybridized carbons (Fsp3) is 0.615. The maximum Gasteiger partial charge on any atom is 0.220 e. The standard InChI is InChI=1S/C13H18BrNOS/c1-9(2)6-13(4-3-12(16)15-13)7-11-5-10(14)8-17-11/h5,8-9H,3-4,6-7H2,1-2H3,(H,15,16). The molecule has 1 aromatic rings. The summed E-state index contributed by atoms with van der Waals surface area (Å²) in [6.45, 7) is 4.44. The second-order valence-corrected chi connectivity index (χ2v) is 7.25. The number of amides is 1. The molecule has 94 valence electrons. The van der Waals surface area contributed by atoms with Crippen LogP contribution in [-0.4, -0.2) is 11.4 Å². The first-order valence-electron chi connectivity index (χ1n) is 6.03. The molecule has 0 radical (unpaired) electrons. The van der Waals surface area contributed by atoms with E-state index < -0.39 is 0 Å². The summed E-state index contributed by atoms with van der Waals surface area (Å²) in [5, 5.41) is 5.32. The topological polar surface area (TPSA) is 29.1 Å². The number of carbonyl (C=O) groups excluding carboxylic acids is 1. The summed E-state index contributed by atoms with van der Waals surface area (Å²) in [4.78, 5) is 12.9. The zero-order chi connectivity index (χ0) is 12.5. The van der Waals surface area contributed by atoms with Gasteiger partial charge < -0.3 is 5.32 Å². The van der Waals surface area contributed by atoms with Crippen LogP contribution in [0, 0.1) is 5.92 Å². The summed E-state index contributed by atoms with van der Waals surface area (Å²) in [5.74, 6) is 0.818. The van der Waals surface area contributed by atoms with Crippen molar-refractivity contribution in [2.75, 3.05) is 0 Å². The number of halogens is 1. The van der Waals surface area contributed by atoms with E-state index in [4.69, 9.17) is 0 Å². The van der Waals surface area contributed by atoms with Crippen molar-refractivity contribution in [3.05, 3.63) is 20.8 Å². The molecule has 2 heterocycles. The largest absolute Gasteiger partial charge is 0.350 e. The third-order valence-corrected chi connectivity index (χ3v) is 4.87. The van der Waals surface area contributed by atoms with E-state index in [9.17, 15) is 4.79 Å². The van der Waals surface area contributed by atoms with E-state index in [1.807, 2.05) is 0 Å². The maximum absolute atomic E-state index is 11.5. The Kier molecular flexibility index (Phi) is 3.93. The molecule has 0 aromatic carbocycles. The highest BCUT2D eigenvalue weighted by Gasteiger charge is 2.38. The minimum atomic E-state index is -0.00442. The molecular formula is C13H18BrNOS. The zero-order valence-electron chi connectivity index (χ0n) is 10.3. The molecule has 1 aromatic heterocycles. The fourth-order valence-corrected chi connectivity index (χ4v) is 4.29. The Morgan fingerprint density at radius 3 is 2.82 bits per heavy atom. The van der Waals surface area contributed by atoms with Crippen LogP contribution in [0.2, 0.25) is 0 Å². The van der Waals surface area contributed by atoms with Crippen LogP contribution in [0.15, 0.2) is 15.9 Å². The highest BCUT2D eigenvalue weighted by molar-refractivity contribution is 9.10. The average molecular weight is 316 g/mol. The van der Waals surface area contributed by atoms with Crippen molar-refractivity contribution in [2.24, 2.45) is 5.92 Å². The van der Waals surface area contributed by atoms with E-state index in [0.29, 0.717) is 12.3 Å². The van der Waals surface area contributed by atoms with Crippen molar-refractivity contribution in [2.45, 2.75) is 45.1 Å². The molecule has 1 fully saturated rings. The van der Waals surface area contributed by atoms with Crippen LogP contribution in [0.4, 0.5) is 0 Å². The van der Waals surface area contributed by atoms with Gasteiger partial charge in [-0.1, -0.05) is 13.8 Å². The van der Waals surface area contributed by atoms with Crippen molar-refractivity contribution >= 4 is 33.2 Å². The lowest BCUT2D eigenvalue weighted by Crippen LogP contribution is -2.44. The van der Waals surface area contributed by atoms with Crippen molar-refractivity contribution in [1.29, 1.82) is 0 Å². The molecule has 0 spiro atoms. The van der Waals surface area contributed by atoms with Gasteiger partial charge in [-0.15, -0.1) is 11.3 Å². The third kappa shape index (κ3) is 3.32. The van der Waals surface area contributed by atoms with Crippen LogP contribution in [0.1, 0.15) is 38.0 Å². The maximum atomic E-state index is 11.5. The van der Waals surface area contributed by atoms with Crippen molar-refractivity contribution in [1.82, 2.24) is 5.32 Å². The van der Waals surface area contributed by atoms with Crippen molar-refractivity contribution in [3.63, 3.8) is 0 Å². The molecule has 2 nitrogen and oxygen atoms in total. The van der Waals surface area contributed by atoms with Crippen LogP contribution < -0.4 is 5.32 Å².